The number of ketones is 1. The standard InChI is InChI=1S/C11H15NO2/c13-7-12-10(8-3-1-2-4-8)11(14)9-5-6-9/h8-10H,1-6H2/t10-/m0/s1. The van der Waals surface area contributed by atoms with E-state index < -0.39 is 0 Å². The van der Waals surface area contributed by atoms with Gasteiger partial charge in [0.15, 0.2) is 5.78 Å². The highest BCUT2D eigenvalue weighted by Crippen LogP contribution is 2.37. The maximum atomic E-state index is 11.8. The fraction of sp³-hybridized carbons (Fsp3) is 0.818. The Hall–Kier alpha value is -0.950. The molecule has 2 fully saturated rings. The van der Waals surface area contributed by atoms with Gasteiger partial charge in [0.05, 0.1) is 0 Å². The van der Waals surface area contributed by atoms with Crippen LogP contribution in [0.25, 0.3) is 0 Å². The summed E-state index contributed by atoms with van der Waals surface area (Å²) < 4.78 is 0. The van der Waals surface area contributed by atoms with Crippen LogP contribution in [0.1, 0.15) is 38.5 Å². The van der Waals surface area contributed by atoms with E-state index >= 15 is 0 Å². The lowest BCUT2D eigenvalue weighted by Crippen LogP contribution is -2.27. The third-order valence-electron chi connectivity index (χ3n) is 3.31. The van der Waals surface area contributed by atoms with Crippen LogP contribution in [0.3, 0.4) is 0 Å². The molecule has 0 heterocycles. The monoisotopic (exact) mass is 193 g/mol. The Morgan fingerprint density at radius 1 is 1.21 bits per heavy atom. The Balaban J connectivity index is 2.04. The molecule has 2 aliphatic carbocycles. The summed E-state index contributed by atoms with van der Waals surface area (Å²) in [5.74, 6) is 0.725. The first-order valence-electron chi connectivity index (χ1n) is 5.43. The predicted molar refractivity (Wildman–Crippen MR) is 51.6 cm³/mol. The highest BCUT2D eigenvalue weighted by atomic mass is 16.1. The number of nitrogens with zero attached hydrogens (tertiary/aromatic N) is 1. The quantitative estimate of drug-likeness (QED) is 0.505. The molecule has 0 aromatic heterocycles. The summed E-state index contributed by atoms with van der Waals surface area (Å²) in [5, 5.41) is 0. The largest absolute Gasteiger partial charge is 0.297 e. The van der Waals surface area contributed by atoms with Crippen molar-refractivity contribution in [3.63, 3.8) is 0 Å². The number of aliphatic imine (C=N–C) groups is 1. The van der Waals surface area contributed by atoms with Crippen LogP contribution in [0.2, 0.25) is 0 Å². The van der Waals surface area contributed by atoms with Crippen LogP contribution in [0.5, 0.6) is 0 Å². The van der Waals surface area contributed by atoms with Gasteiger partial charge in [0.2, 0.25) is 6.08 Å². The normalized spacial score (nSPS) is 24.3. The summed E-state index contributed by atoms with van der Waals surface area (Å²) in [6.45, 7) is 0. The SMILES string of the molecule is O=C=N[C@H](C(=O)C1CC1)C1CCCC1. The lowest BCUT2D eigenvalue weighted by atomic mass is 9.93. The Labute approximate surface area is 83.6 Å². The third kappa shape index (κ3) is 1.93. The number of hydrogen-bond donors (Lipinski definition) is 0. The molecule has 0 aromatic carbocycles. The fourth-order valence-electron chi connectivity index (χ4n) is 2.34. The summed E-state index contributed by atoms with van der Waals surface area (Å²) in [6.07, 6.45) is 8.00. The van der Waals surface area contributed by atoms with E-state index in [1.54, 1.807) is 6.08 Å². The second-order valence-electron chi connectivity index (χ2n) is 4.39. The van der Waals surface area contributed by atoms with E-state index in [2.05, 4.69) is 4.99 Å². The Morgan fingerprint density at radius 3 is 2.36 bits per heavy atom. The smallest absolute Gasteiger partial charge is 0.235 e. The number of hydrogen-bond acceptors (Lipinski definition) is 3. The molecule has 0 saturated heterocycles. The van der Waals surface area contributed by atoms with Gasteiger partial charge in [-0.2, -0.15) is 4.99 Å². The second-order valence-corrected chi connectivity index (χ2v) is 4.39. The maximum absolute atomic E-state index is 11.8. The second kappa shape index (κ2) is 4.05. The molecule has 0 aliphatic heterocycles. The molecule has 0 aromatic rings. The van der Waals surface area contributed by atoms with Gasteiger partial charge in [-0.15, -0.1) is 0 Å². The van der Waals surface area contributed by atoms with Crippen molar-refractivity contribution in [1.82, 2.24) is 0 Å². The Kier molecular flexibility index (Phi) is 2.78. The molecule has 14 heavy (non-hydrogen) atoms. The van der Waals surface area contributed by atoms with Gasteiger partial charge >= 0.3 is 0 Å². The minimum absolute atomic E-state index is 0.195. The molecule has 2 aliphatic rings. The first-order valence-corrected chi connectivity index (χ1v) is 5.43. The van der Waals surface area contributed by atoms with E-state index in [1.807, 2.05) is 0 Å². The topological polar surface area (TPSA) is 46.5 Å². The summed E-state index contributed by atoms with van der Waals surface area (Å²) in [4.78, 5) is 25.8. The predicted octanol–water partition coefficient (Wildman–Crippen LogP) is 1.86. The van der Waals surface area contributed by atoms with E-state index in [-0.39, 0.29) is 17.7 Å². The number of carbonyl (C=O) groups is 1. The van der Waals surface area contributed by atoms with Crippen molar-refractivity contribution >= 4 is 11.9 Å². The molecule has 3 nitrogen and oxygen atoms in total. The van der Waals surface area contributed by atoms with Gasteiger partial charge in [-0.25, -0.2) is 4.79 Å². The zero-order valence-corrected chi connectivity index (χ0v) is 8.24. The molecule has 1 atom stereocenters. The van der Waals surface area contributed by atoms with E-state index in [4.69, 9.17) is 0 Å². The van der Waals surface area contributed by atoms with Gasteiger partial charge in [0.25, 0.3) is 0 Å². The van der Waals surface area contributed by atoms with Crippen molar-refractivity contribution in [1.29, 1.82) is 0 Å². The van der Waals surface area contributed by atoms with E-state index in [9.17, 15) is 9.59 Å². The van der Waals surface area contributed by atoms with Crippen LogP contribution in [0.4, 0.5) is 0 Å². The van der Waals surface area contributed by atoms with E-state index in [0.717, 1.165) is 25.7 Å². The Morgan fingerprint density at radius 2 is 1.86 bits per heavy atom. The van der Waals surface area contributed by atoms with Gasteiger partial charge < -0.3 is 0 Å². The number of carbonyl (C=O) groups excluding carboxylic acids is 2. The van der Waals surface area contributed by atoms with Crippen LogP contribution in [0.15, 0.2) is 4.99 Å². The molecule has 0 radical (unpaired) electrons. The Bertz CT molecular complexity index is 271. The van der Waals surface area contributed by atoms with Crippen LogP contribution in [-0.4, -0.2) is 17.9 Å². The molecule has 3 heteroatoms. The van der Waals surface area contributed by atoms with Crippen molar-refractivity contribution in [2.75, 3.05) is 0 Å². The highest BCUT2D eigenvalue weighted by molar-refractivity contribution is 5.89. The van der Waals surface area contributed by atoms with Gasteiger partial charge in [-0.3, -0.25) is 4.79 Å². The molecule has 0 spiro atoms. The molecule has 2 rings (SSSR count). The first-order chi connectivity index (χ1) is 6.83. The van der Waals surface area contributed by atoms with Crippen LogP contribution in [-0.2, 0) is 9.59 Å². The molecule has 76 valence electrons. The molecular formula is C11H15NO2. The average molecular weight is 193 g/mol. The molecular weight excluding hydrogens is 178 g/mol. The van der Waals surface area contributed by atoms with Gasteiger partial charge in [-0.1, -0.05) is 12.8 Å². The molecule has 0 bridgehead atoms. The third-order valence-corrected chi connectivity index (χ3v) is 3.31. The summed E-state index contributed by atoms with van der Waals surface area (Å²) in [6, 6.07) is -0.359. The number of Topliss-reactive ketones (excluding diaryl/α,β-unsaturated/α-hetero) is 1. The minimum Gasteiger partial charge on any atom is -0.297 e. The maximum Gasteiger partial charge on any atom is 0.235 e. The van der Waals surface area contributed by atoms with Crippen molar-refractivity contribution < 1.29 is 9.59 Å². The molecule has 0 N–H and O–H groups in total. The lowest BCUT2D eigenvalue weighted by molar-refractivity contribution is -0.122. The van der Waals surface area contributed by atoms with Crippen LogP contribution < -0.4 is 0 Å². The highest BCUT2D eigenvalue weighted by Gasteiger charge is 2.39. The van der Waals surface area contributed by atoms with E-state index in [0.29, 0.717) is 5.92 Å². The van der Waals surface area contributed by atoms with Gasteiger partial charge in [0, 0.05) is 5.92 Å². The molecule has 0 unspecified atom stereocenters. The molecule has 0 amide bonds. The summed E-state index contributed by atoms with van der Waals surface area (Å²) >= 11 is 0. The number of isocyanates is 1. The van der Waals surface area contributed by atoms with Crippen LogP contribution in [0, 0.1) is 11.8 Å². The first kappa shape index (κ1) is 9.60. The molecule has 2 saturated carbocycles. The lowest BCUT2D eigenvalue weighted by Gasteiger charge is -2.15. The van der Waals surface area contributed by atoms with Crippen LogP contribution >= 0.6 is 0 Å². The van der Waals surface area contributed by atoms with Crippen molar-refractivity contribution in [2.45, 2.75) is 44.6 Å². The fourth-order valence-corrected chi connectivity index (χ4v) is 2.34. The summed E-state index contributed by atoms with van der Waals surface area (Å²) in [7, 11) is 0. The average Bonchev–Trinajstić information content (AvgIpc) is 2.91. The summed E-state index contributed by atoms with van der Waals surface area (Å²) in [5.41, 5.74) is 0. The van der Waals surface area contributed by atoms with Crippen molar-refractivity contribution in [2.24, 2.45) is 16.8 Å². The van der Waals surface area contributed by atoms with Gasteiger partial charge in [0.1, 0.15) is 6.04 Å². The van der Waals surface area contributed by atoms with Crippen molar-refractivity contribution in [3.05, 3.63) is 0 Å². The van der Waals surface area contributed by atoms with Gasteiger partial charge in [-0.05, 0) is 31.6 Å². The zero-order chi connectivity index (χ0) is 9.97. The van der Waals surface area contributed by atoms with Crippen molar-refractivity contribution in [3.8, 4) is 0 Å². The van der Waals surface area contributed by atoms with E-state index in [1.165, 1.54) is 12.8 Å². The minimum atomic E-state index is -0.359. The number of rotatable bonds is 4. The zero-order valence-electron chi connectivity index (χ0n) is 8.24.